The third-order valence-electron chi connectivity index (χ3n) is 9.17. The number of nitrogens with zero attached hydrogens (tertiary/aromatic N) is 4. The van der Waals surface area contributed by atoms with Crippen LogP contribution in [0.1, 0.15) is 53.8 Å². The van der Waals surface area contributed by atoms with E-state index in [-0.39, 0.29) is 17.5 Å². The molecule has 1 amide bonds. The lowest BCUT2D eigenvalue weighted by Gasteiger charge is -2.36. The smallest absolute Gasteiger partial charge is 0.263 e. The van der Waals surface area contributed by atoms with Crippen LogP contribution in [-0.4, -0.2) is 77.5 Å². The predicted molar refractivity (Wildman–Crippen MR) is 174 cm³/mol. The van der Waals surface area contributed by atoms with Crippen molar-refractivity contribution >= 4 is 16.7 Å². The Bertz CT molecular complexity index is 1640. The Morgan fingerprint density at radius 1 is 0.795 bits per heavy atom. The highest BCUT2D eigenvalue weighted by Gasteiger charge is 2.27. The third kappa shape index (κ3) is 6.62. The lowest BCUT2D eigenvalue weighted by Crippen LogP contribution is -2.48. The van der Waals surface area contributed by atoms with Gasteiger partial charge in [0.05, 0.1) is 23.0 Å². The molecule has 3 heterocycles. The largest absolute Gasteiger partial charge is 0.345 e. The van der Waals surface area contributed by atoms with Gasteiger partial charge in [-0.3, -0.25) is 24.0 Å². The van der Waals surface area contributed by atoms with Gasteiger partial charge >= 0.3 is 0 Å². The first-order chi connectivity index (χ1) is 21.5. The van der Waals surface area contributed by atoms with E-state index in [0.717, 1.165) is 44.8 Å². The highest BCUT2D eigenvalue weighted by atomic mass is 19.1. The quantitative estimate of drug-likeness (QED) is 0.272. The number of likely N-dealkylation sites (tertiary alicyclic amines) is 1. The fourth-order valence-corrected chi connectivity index (χ4v) is 6.70. The van der Waals surface area contributed by atoms with Crippen molar-refractivity contribution in [2.24, 2.45) is 0 Å². The second kappa shape index (κ2) is 13.8. The molecule has 8 heteroatoms. The second-order valence-corrected chi connectivity index (χ2v) is 12.0. The molecule has 44 heavy (non-hydrogen) atoms. The van der Waals surface area contributed by atoms with Gasteiger partial charge < -0.3 is 10.2 Å². The normalized spacial score (nSPS) is 17.2. The Labute approximate surface area is 258 Å². The minimum Gasteiger partial charge on any atom is -0.345 e. The average Bonchev–Trinajstić information content (AvgIpc) is 3.58. The standard InChI is InChI=1S/C36H42FN5O2/c1-2-32(27-11-4-3-5-12-27)38-35(43)34-30-15-6-7-16-31(30)36(44)42(29-14-10-13-28(37)25-29)33(34)26-41-23-21-40(22-24-41)20-19-39-17-8-9-18-39/h3-7,10-16,25,32H,2,8-9,17-24,26H2,1H3,(H,38,43)/t32-/m0/s1. The second-order valence-electron chi connectivity index (χ2n) is 12.0. The van der Waals surface area contributed by atoms with E-state index < -0.39 is 5.82 Å². The first-order valence-corrected chi connectivity index (χ1v) is 16.0. The Morgan fingerprint density at radius 3 is 2.11 bits per heavy atom. The van der Waals surface area contributed by atoms with Gasteiger partial charge in [0.2, 0.25) is 0 Å². The van der Waals surface area contributed by atoms with E-state index in [1.807, 2.05) is 49.4 Å². The van der Waals surface area contributed by atoms with Gasteiger partial charge in [0, 0.05) is 56.6 Å². The van der Waals surface area contributed by atoms with Crippen molar-refractivity contribution in [1.29, 1.82) is 0 Å². The molecule has 0 bridgehead atoms. The number of amides is 1. The van der Waals surface area contributed by atoms with Crippen LogP contribution < -0.4 is 10.9 Å². The van der Waals surface area contributed by atoms with Crippen LogP contribution in [0.15, 0.2) is 83.7 Å². The molecule has 0 aliphatic carbocycles. The molecular weight excluding hydrogens is 553 g/mol. The number of hydrogen-bond donors (Lipinski definition) is 1. The predicted octanol–water partition coefficient (Wildman–Crippen LogP) is 5.22. The maximum absolute atomic E-state index is 14.6. The number of halogens is 1. The van der Waals surface area contributed by atoms with E-state index in [0.29, 0.717) is 40.7 Å². The number of fused-ring (bicyclic) bond motifs is 1. The summed E-state index contributed by atoms with van der Waals surface area (Å²) < 4.78 is 16.1. The molecule has 2 aliphatic rings. The van der Waals surface area contributed by atoms with E-state index in [4.69, 9.17) is 0 Å². The van der Waals surface area contributed by atoms with Crippen LogP contribution in [0.4, 0.5) is 4.39 Å². The van der Waals surface area contributed by atoms with Gasteiger partial charge in [-0.05, 0) is 62.2 Å². The van der Waals surface area contributed by atoms with Gasteiger partial charge in [0.1, 0.15) is 5.82 Å². The van der Waals surface area contributed by atoms with Gasteiger partial charge in [0.15, 0.2) is 0 Å². The molecule has 1 atom stereocenters. The number of pyridine rings is 1. The number of rotatable bonds is 10. The minimum atomic E-state index is -0.429. The summed E-state index contributed by atoms with van der Waals surface area (Å²) in [5, 5.41) is 4.32. The van der Waals surface area contributed by atoms with Crippen LogP contribution in [0.5, 0.6) is 0 Å². The number of aromatic nitrogens is 1. The van der Waals surface area contributed by atoms with E-state index in [1.165, 1.54) is 38.1 Å². The SMILES string of the molecule is CC[C@H](NC(=O)c1c(CN2CCN(CCN3CCCC3)CC2)n(-c2cccc(F)c2)c(=O)c2ccccc12)c1ccccc1. The van der Waals surface area contributed by atoms with E-state index in [1.54, 1.807) is 28.8 Å². The zero-order valence-corrected chi connectivity index (χ0v) is 25.6. The van der Waals surface area contributed by atoms with Gasteiger partial charge in [-0.1, -0.05) is 61.5 Å². The van der Waals surface area contributed by atoms with Crippen molar-refractivity contribution in [2.75, 3.05) is 52.4 Å². The fourth-order valence-electron chi connectivity index (χ4n) is 6.70. The number of benzene rings is 3. The van der Waals surface area contributed by atoms with Crippen molar-refractivity contribution in [2.45, 2.75) is 38.8 Å². The molecule has 2 aliphatic heterocycles. The summed E-state index contributed by atoms with van der Waals surface area (Å²) in [5.41, 5.74) is 2.25. The average molecular weight is 596 g/mol. The first-order valence-electron chi connectivity index (χ1n) is 16.0. The molecule has 7 nitrogen and oxygen atoms in total. The monoisotopic (exact) mass is 595 g/mol. The molecule has 4 aromatic rings. The highest BCUT2D eigenvalue weighted by Crippen LogP contribution is 2.26. The van der Waals surface area contributed by atoms with Crippen molar-refractivity contribution < 1.29 is 9.18 Å². The summed E-state index contributed by atoms with van der Waals surface area (Å²) >= 11 is 0. The molecule has 0 radical (unpaired) electrons. The molecular formula is C36H42FN5O2. The lowest BCUT2D eigenvalue weighted by molar-refractivity contribution is 0.0929. The van der Waals surface area contributed by atoms with E-state index in [2.05, 4.69) is 20.0 Å². The Hall–Kier alpha value is -3.85. The van der Waals surface area contributed by atoms with Gasteiger partial charge in [0.25, 0.3) is 11.5 Å². The topological polar surface area (TPSA) is 60.8 Å². The van der Waals surface area contributed by atoms with Crippen LogP contribution in [0.2, 0.25) is 0 Å². The molecule has 0 saturated carbocycles. The third-order valence-corrected chi connectivity index (χ3v) is 9.17. The minimum absolute atomic E-state index is 0.191. The molecule has 3 aromatic carbocycles. The van der Waals surface area contributed by atoms with Crippen molar-refractivity contribution in [3.63, 3.8) is 0 Å². The van der Waals surface area contributed by atoms with Gasteiger partial charge in [-0.25, -0.2) is 4.39 Å². The van der Waals surface area contributed by atoms with E-state index in [9.17, 15) is 14.0 Å². The van der Waals surface area contributed by atoms with E-state index >= 15 is 0 Å². The number of hydrogen-bond acceptors (Lipinski definition) is 5. The molecule has 0 unspecified atom stereocenters. The molecule has 6 rings (SSSR count). The van der Waals surface area contributed by atoms with Crippen LogP contribution in [-0.2, 0) is 6.54 Å². The lowest BCUT2D eigenvalue weighted by atomic mass is 9.99. The maximum Gasteiger partial charge on any atom is 0.263 e. The molecule has 2 fully saturated rings. The molecule has 1 aromatic heterocycles. The fraction of sp³-hybridized carbons (Fsp3) is 0.389. The van der Waals surface area contributed by atoms with Crippen LogP contribution in [0, 0.1) is 5.82 Å². The van der Waals surface area contributed by atoms with Crippen molar-refractivity contribution in [3.8, 4) is 5.69 Å². The number of carbonyl (C=O) groups excluding carboxylic acids is 1. The summed E-state index contributed by atoms with van der Waals surface area (Å²) in [6, 6.07) is 23.1. The summed E-state index contributed by atoms with van der Waals surface area (Å²) in [4.78, 5) is 35.8. The Balaban J connectivity index is 1.37. The number of nitrogens with one attached hydrogen (secondary N) is 1. The Kier molecular flexibility index (Phi) is 9.50. The zero-order valence-electron chi connectivity index (χ0n) is 25.6. The number of carbonyl (C=O) groups is 1. The van der Waals surface area contributed by atoms with Crippen LogP contribution in [0.3, 0.4) is 0 Å². The highest BCUT2D eigenvalue weighted by molar-refractivity contribution is 6.08. The zero-order chi connectivity index (χ0) is 30.5. The van der Waals surface area contributed by atoms with Gasteiger partial charge in [-0.2, -0.15) is 0 Å². The van der Waals surface area contributed by atoms with Crippen LogP contribution >= 0.6 is 0 Å². The van der Waals surface area contributed by atoms with Crippen LogP contribution in [0.25, 0.3) is 16.5 Å². The molecule has 0 spiro atoms. The van der Waals surface area contributed by atoms with Crippen molar-refractivity contribution in [3.05, 3.63) is 112 Å². The Morgan fingerprint density at radius 2 is 1.43 bits per heavy atom. The summed E-state index contributed by atoms with van der Waals surface area (Å²) in [6.45, 7) is 10.5. The molecule has 2 saturated heterocycles. The first kappa shape index (κ1) is 30.2. The number of piperazine rings is 1. The summed E-state index contributed by atoms with van der Waals surface area (Å²) in [6.07, 6.45) is 3.31. The van der Waals surface area contributed by atoms with Crippen molar-refractivity contribution in [1.82, 2.24) is 24.6 Å². The molecule has 1 N–H and O–H groups in total. The molecule has 230 valence electrons. The van der Waals surface area contributed by atoms with Gasteiger partial charge in [-0.15, -0.1) is 0 Å². The summed E-state index contributed by atoms with van der Waals surface area (Å²) in [5.74, 6) is -0.664. The maximum atomic E-state index is 14.6. The summed E-state index contributed by atoms with van der Waals surface area (Å²) in [7, 11) is 0.